The number of nitrogens with one attached hydrogen (secondary N) is 2. The first-order valence-electron chi connectivity index (χ1n) is 9.05. The predicted molar refractivity (Wildman–Crippen MR) is 105 cm³/mol. The largest absolute Gasteiger partial charge is 0.466 e. The van der Waals surface area contributed by atoms with Crippen molar-refractivity contribution in [1.82, 2.24) is 20.2 Å². The minimum absolute atomic E-state index is 0.209. The molecule has 0 fully saturated rings. The molecule has 0 radical (unpaired) electrons. The highest BCUT2D eigenvalue weighted by Gasteiger charge is 2.26. The molecule has 0 bridgehead atoms. The molecule has 8 heteroatoms. The van der Waals surface area contributed by atoms with Gasteiger partial charge in [-0.05, 0) is 43.7 Å². The minimum atomic E-state index is -1.18. The second-order valence-electron chi connectivity index (χ2n) is 6.56. The zero-order valence-corrected chi connectivity index (χ0v) is 15.9. The average Bonchev–Trinajstić information content (AvgIpc) is 3.38. The average molecular weight is 385 g/mol. The molecular formula is C20H24FN5O2. The van der Waals surface area contributed by atoms with Crippen molar-refractivity contribution < 1.29 is 13.9 Å². The Balaban J connectivity index is 1.66. The third-order valence-corrected chi connectivity index (χ3v) is 4.21. The van der Waals surface area contributed by atoms with Crippen LogP contribution in [0.4, 0.5) is 4.39 Å². The van der Waals surface area contributed by atoms with Gasteiger partial charge in [-0.15, -0.1) is 0 Å². The number of hydrogen-bond donors (Lipinski definition) is 3. The highest BCUT2D eigenvalue weighted by Crippen LogP contribution is 2.20. The molecule has 3 rings (SSSR count). The molecule has 1 unspecified atom stereocenters. The number of aliphatic hydroxyl groups is 1. The van der Waals surface area contributed by atoms with Gasteiger partial charge in [-0.25, -0.2) is 14.4 Å². The Morgan fingerprint density at radius 3 is 2.86 bits per heavy atom. The van der Waals surface area contributed by atoms with Gasteiger partial charge < -0.3 is 24.7 Å². The van der Waals surface area contributed by atoms with Crippen LogP contribution in [0, 0.1) is 5.82 Å². The molecule has 0 saturated heterocycles. The van der Waals surface area contributed by atoms with E-state index in [9.17, 15) is 9.50 Å². The molecule has 0 saturated carbocycles. The monoisotopic (exact) mass is 385 g/mol. The molecule has 1 atom stereocenters. The number of aliphatic imine (C=N–C) groups is 1. The molecule has 3 N–H and O–H groups in total. The summed E-state index contributed by atoms with van der Waals surface area (Å²) in [5.41, 5.74) is -0.0146. The van der Waals surface area contributed by atoms with E-state index in [1.54, 1.807) is 48.4 Å². The molecule has 0 spiro atoms. The third-order valence-electron chi connectivity index (χ3n) is 4.21. The van der Waals surface area contributed by atoms with E-state index in [2.05, 4.69) is 20.6 Å². The SMILES string of the molecule is CCNC(=NCc1ccc(-n2ccnc2)c(F)c1)NCC(C)(O)c1ccco1. The summed E-state index contributed by atoms with van der Waals surface area (Å²) in [5, 5.41) is 16.7. The number of imidazole rings is 1. The molecule has 0 aliphatic rings. The summed E-state index contributed by atoms with van der Waals surface area (Å²) in [4.78, 5) is 8.40. The number of aromatic nitrogens is 2. The van der Waals surface area contributed by atoms with Gasteiger partial charge in [0, 0.05) is 18.9 Å². The number of halogens is 1. The maximum Gasteiger partial charge on any atom is 0.191 e. The van der Waals surface area contributed by atoms with E-state index in [1.807, 2.05) is 13.0 Å². The van der Waals surface area contributed by atoms with Gasteiger partial charge in [0.25, 0.3) is 0 Å². The lowest BCUT2D eigenvalue weighted by Gasteiger charge is -2.22. The Hall–Kier alpha value is -3.13. The van der Waals surface area contributed by atoms with Crippen LogP contribution in [0.2, 0.25) is 0 Å². The Bertz CT molecular complexity index is 905. The fourth-order valence-electron chi connectivity index (χ4n) is 2.70. The Morgan fingerprint density at radius 1 is 1.36 bits per heavy atom. The molecular weight excluding hydrogens is 361 g/mol. The fourth-order valence-corrected chi connectivity index (χ4v) is 2.70. The van der Waals surface area contributed by atoms with E-state index < -0.39 is 5.60 Å². The second-order valence-corrected chi connectivity index (χ2v) is 6.56. The molecule has 7 nitrogen and oxygen atoms in total. The number of rotatable bonds is 7. The smallest absolute Gasteiger partial charge is 0.191 e. The number of guanidine groups is 1. The maximum atomic E-state index is 14.4. The van der Waals surface area contributed by atoms with Crippen molar-refractivity contribution in [2.75, 3.05) is 13.1 Å². The number of furan rings is 1. The lowest BCUT2D eigenvalue weighted by molar-refractivity contribution is 0.0386. The van der Waals surface area contributed by atoms with Crippen LogP contribution in [0.3, 0.4) is 0 Å². The predicted octanol–water partition coefficient (Wildman–Crippen LogP) is 2.57. The van der Waals surface area contributed by atoms with Crippen molar-refractivity contribution in [2.45, 2.75) is 26.0 Å². The number of hydrogen-bond acceptors (Lipinski definition) is 4. The van der Waals surface area contributed by atoms with Crippen molar-refractivity contribution >= 4 is 5.96 Å². The van der Waals surface area contributed by atoms with Crippen LogP contribution in [0.25, 0.3) is 5.69 Å². The highest BCUT2D eigenvalue weighted by molar-refractivity contribution is 5.79. The van der Waals surface area contributed by atoms with Crippen molar-refractivity contribution in [2.24, 2.45) is 4.99 Å². The zero-order valence-electron chi connectivity index (χ0n) is 15.9. The molecule has 148 valence electrons. The first kappa shape index (κ1) is 19.6. The molecule has 0 aliphatic carbocycles. The van der Waals surface area contributed by atoms with Crippen molar-refractivity contribution in [1.29, 1.82) is 0 Å². The van der Waals surface area contributed by atoms with Crippen LogP contribution in [0.15, 0.2) is 64.7 Å². The van der Waals surface area contributed by atoms with E-state index >= 15 is 0 Å². The van der Waals surface area contributed by atoms with Gasteiger partial charge in [0.15, 0.2) is 5.96 Å². The summed E-state index contributed by atoms with van der Waals surface area (Å²) in [6.07, 6.45) is 6.36. The summed E-state index contributed by atoms with van der Waals surface area (Å²) in [5.74, 6) is 0.644. The van der Waals surface area contributed by atoms with Crippen molar-refractivity contribution in [3.63, 3.8) is 0 Å². The van der Waals surface area contributed by atoms with Gasteiger partial charge >= 0.3 is 0 Å². The second kappa shape index (κ2) is 8.71. The van der Waals surface area contributed by atoms with Gasteiger partial charge in [-0.2, -0.15) is 0 Å². The van der Waals surface area contributed by atoms with E-state index in [-0.39, 0.29) is 12.4 Å². The van der Waals surface area contributed by atoms with Crippen LogP contribution in [-0.4, -0.2) is 33.7 Å². The molecule has 0 aliphatic heterocycles. The highest BCUT2D eigenvalue weighted by atomic mass is 19.1. The van der Waals surface area contributed by atoms with E-state index in [1.165, 1.54) is 12.3 Å². The summed E-state index contributed by atoms with van der Waals surface area (Å²) < 4.78 is 21.3. The van der Waals surface area contributed by atoms with Crippen molar-refractivity contribution in [3.8, 4) is 5.69 Å². The van der Waals surface area contributed by atoms with Crippen LogP contribution in [0.5, 0.6) is 0 Å². The number of nitrogens with zero attached hydrogens (tertiary/aromatic N) is 3. The van der Waals surface area contributed by atoms with Crippen molar-refractivity contribution in [3.05, 3.63) is 72.5 Å². The first-order chi connectivity index (χ1) is 13.5. The standard InChI is InChI=1S/C20H24FN5O2/c1-3-23-19(25-13-20(2,27)18-5-4-10-28-18)24-12-15-6-7-17(16(21)11-15)26-9-8-22-14-26/h4-11,14,27H,3,12-13H2,1-2H3,(H2,23,24,25). The lowest BCUT2D eigenvalue weighted by Crippen LogP contribution is -2.44. The molecule has 0 amide bonds. The molecule has 1 aromatic carbocycles. The van der Waals surface area contributed by atoms with Gasteiger partial charge in [-0.1, -0.05) is 6.07 Å². The van der Waals surface area contributed by atoms with Gasteiger partial charge in [0.2, 0.25) is 0 Å². The molecule has 2 heterocycles. The van der Waals surface area contributed by atoms with Gasteiger partial charge in [0.05, 0.1) is 31.4 Å². The number of benzene rings is 1. The van der Waals surface area contributed by atoms with E-state index in [0.717, 1.165) is 5.56 Å². The summed E-state index contributed by atoms with van der Waals surface area (Å²) >= 11 is 0. The third kappa shape index (κ3) is 4.77. The molecule has 2 aromatic heterocycles. The maximum absolute atomic E-state index is 14.4. The molecule has 28 heavy (non-hydrogen) atoms. The summed E-state index contributed by atoms with van der Waals surface area (Å²) in [6.45, 7) is 4.76. The van der Waals surface area contributed by atoms with Crippen LogP contribution < -0.4 is 10.6 Å². The van der Waals surface area contributed by atoms with Crippen LogP contribution in [-0.2, 0) is 12.1 Å². The molecule has 3 aromatic rings. The van der Waals surface area contributed by atoms with E-state index in [4.69, 9.17) is 4.42 Å². The summed E-state index contributed by atoms with van der Waals surface area (Å²) in [7, 11) is 0. The Kier molecular flexibility index (Phi) is 6.10. The fraction of sp³-hybridized carbons (Fsp3) is 0.300. The van der Waals surface area contributed by atoms with Gasteiger partial charge in [-0.3, -0.25) is 0 Å². The topological polar surface area (TPSA) is 87.6 Å². The normalized spacial score (nSPS) is 13.9. The van der Waals surface area contributed by atoms with Crippen LogP contribution >= 0.6 is 0 Å². The minimum Gasteiger partial charge on any atom is -0.466 e. The first-order valence-corrected chi connectivity index (χ1v) is 9.05. The summed E-state index contributed by atoms with van der Waals surface area (Å²) in [6, 6.07) is 8.43. The van der Waals surface area contributed by atoms with E-state index in [0.29, 0.717) is 30.5 Å². The quantitative estimate of drug-likeness (QED) is 0.430. The van der Waals surface area contributed by atoms with Gasteiger partial charge in [0.1, 0.15) is 17.2 Å². The van der Waals surface area contributed by atoms with Crippen LogP contribution in [0.1, 0.15) is 25.2 Å². The Morgan fingerprint density at radius 2 is 2.21 bits per heavy atom. The Labute approximate surface area is 162 Å². The zero-order chi connectivity index (χ0) is 20.0. The lowest BCUT2D eigenvalue weighted by atomic mass is 10.0.